The van der Waals surface area contributed by atoms with E-state index in [1.165, 1.54) is 22.3 Å². The number of ether oxygens (including phenoxy) is 4. The van der Waals surface area contributed by atoms with Gasteiger partial charge in [0.2, 0.25) is 6.79 Å². The topological polar surface area (TPSA) is 39.9 Å². The molecule has 0 radical (unpaired) electrons. The zero-order chi connectivity index (χ0) is 17.6. The number of benzene rings is 2. The van der Waals surface area contributed by atoms with E-state index >= 15 is 0 Å². The van der Waals surface area contributed by atoms with Gasteiger partial charge in [0.1, 0.15) is 0 Å². The van der Waals surface area contributed by atoms with Gasteiger partial charge < -0.3 is 18.9 Å². The van der Waals surface area contributed by atoms with Gasteiger partial charge in [0.15, 0.2) is 23.0 Å². The van der Waals surface area contributed by atoms with Crippen LogP contribution in [0.25, 0.3) is 5.57 Å². The number of hydrogen-bond acceptors (Lipinski definition) is 5. The molecule has 3 heterocycles. The molecule has 2 aromatic carbocycles. The summed E-state index contributed by atoms with van der Waals surface area (Å²) in [6.07, 6.45) is 0.999. The monoisotopic (exact) mass is 349 g/mol. The fourth-order valence-electron chi connectivity index (χ4n) is 5.29. The molecule has 2 aromatic rings. The Kier molecular flexibility index (Phi) is 2.53. The molecule has 1 spiro atoms. The number of rotatable bonds is 2. The molecule has 3 aliphatic heterocycles. The third kappa shape index (κ3) is 1.40. The molecule has 3 atom stereocenters. The third-order valence-corrected chi connectivity index (χ3v) is 6.37. The highest BCUT2D eigenvalue weighted by molar-refractivity contribution is 5.90. The van der Waals surface area contributed by atoms with Crippen molar-refractivity contribution < 1.29 is 18.9 Å². The van der Waals surface area contributed by atoms with Gasteiger partial charge in [-0.15, -0.1) is 0 Å². The quantitative estimate of drug-likeness (QED) is 0.778. The van der Waals surface area contributed by atoms with Crippen LogP contribution in [0.5, 0.6) is 23.0 Å². The molecule has 0 aromatic heterocycles. The molecule has 26 heavy (non-hydrogen) atoms. The van der Waals surface area contributed by atoms with Gasteiger partial charge in [-0.05, 0) is 46.9 Å². The standard InChI is InChI=1S/C21H19NO4/c1-11-13-4-5-15(23-2)19(24-3)18(13)20-21(11)14-9-17-16(25-10-26-17)8-12(14)6-7-22(20)21/h4-5,8-9,20H,1,6-7,10H2,2-3H3. The van der Waals surface area contributed by atoms with Crippen LogP contribution in [0.15, 0.2) is 30.8 Å². The normalized spacial score (nSPS) is 28.8. The van der Waals surface area contributed by atoms with Crippen LogP contribution in [0.3, 0.4) is 0 Å². The van der Waals surface area contributed by atoms with Crippen LogP contribution in [0.4, 0.5) is 0 Å². The number of hydrogen-bond donors (Lipinski definition) is 0. The predicted molar refractivity (Wildman–Crippen MR) is 96.0 cm³/mol. The largest absolute Gasteiger partial charge is 0.493 e. The summed E-state index contributed by atoms with van der Waals surface area (Å²) >= 11 is 0. The maximum absolute atomic E-state index is 5.75. The Hall–Kier alpha value is -2.66. The van der Waals surface area contributed by atoms with E-state index in [1.54, 1.807) is 14.2 Å². The third-order valence-electron chi connectivity index (χ3n) is 6.37. The molecule has 6 rings (SSSR count). The van der Waals surface area contributed by atoms with Crippen LogP contribution in [0.1, 0.15) is 28.3 Å². The first-order valence-corrected chi connectivity index (χ1v) is 8.86. The minimum absolute atomic E-state index is 0.184. The predicted octanol–water partition coefficient (Wildman–Crippen LogP) is 3.27. The molecule has 3 unspecified atom stereocenters. The first kappa shape index (κ1) is 14.5. The van der Waals surface area contributed by atoms with Gasteiger partial charge in [-0.3, -0.25) is 4.90 Å². The molecular weight excluding hydrogens is 330 g/mol. The van der Waals surface area contributed by atoms with Crippen molar-refractivity contribution in [2.75, 3.05) is 27.6 Å². The van der Waals surface area contributed by atoms with E-state index < -0.39 is 0 Å². The smallest absolute Gasteiger partial charge is 0.231 e. The van der Waals surface area contributed by atoms with Crippen molar-refractivity contribution >= 4 is 5.57 Å². The van der Waals surface area contributed by atoms with Gasteiger partial charge in [0, 0.05) is 12.1 Å². The van der Waals surface area contributed by atoms with E-state index in [0.717, 1.165) is 41.5 Å². The Balaban J connectivity index is 1.59. The lowest BCUT2D eigenvalue weighted by atomic mass is 9.84. The summed E-state index contributed by atoms with van der Waals surface area (Å²) in [6, 6.07) is 8.63. The second-order valence-electron chi connectivity index (χ2n) is 7.22. The van der Waals surface area contributed by atoms with Crippen molar-refractivity contribution in [2.24, 2.45) is 0 Å². The van der Waals surface area contributed by atoms with Crippen LogP contribution >= 0.6 is 0 Å². The van der Waals surface area contributed by atoms with Crippen molar-refractivity contribution in [1.82, 2.24) is 4.90 Å². The fourth-order valence-corrected chi connectivity index (χ4v) is 5.29. The van der Waals surface area contributed by atoms with E-state index in [2.05, 4.69) is 29.7 Å². The molecule has 5 heteroatoms. The van der Waals surface area contributed by atoms with Gasteiger partial charge in [-0.25, -0.2) is 0 Å². The summed E-state index contributed by atoms with van der Waals surface area (Å²) in [5.41, 5.74) is 5.94. The lowest BCUT2D eigenvalue weighted by molar-refractivity contribution is 0.174. The van der Waals surface area contributed by atoms with Crippen molar-refractivity contribution in [1.29, 1.82) is 0 Å². The molecule has 4 aliphatic rings. The van der Waals surface area contributed by atoms with Crippen molar-refractivity contribution in [2.45, 2.75) is 18.0 Å². The van der Waals surface area contributed by atoms with E-state index in [1.807, 2.05) is 6.07 Å². The number of nitrogens with zero attached hydrogens (tertiary/aromatic N) is 1. The first-order chi connectivity index (χ1) is 12.7. The number of fused-ring (bicyclic) bond motifs is 5. The Bertz CT molecular complexity index is 998. The van der Waals surface area contributed by atoms with Crippen LogP contribution in [-0.2, 0) is 12.0 Å². The first-order valence-electron chi connectivity index (χ1n) is 8.86. The number of methoxy groups -OCH3 is 2. The lowest BCUT2D eigenvalue weighted by Crippen LogP contribution is -2.26. The minimum atomic E-state index is -0.184. The van der Waals surface area contributed by atoms with Gasteiger partial charge in [-0.1, -0.05) is 12.6 Å². The maximum Gasteiger partial charge on any atom is 0.231 e. The molecule has 0 bridgehead atoms. The maximum atomic E-state index is 5.75. The van der Waals surface area contributed by atoms with Crippen LogP contribution in [0.2, 0.25) is 0 Å². The lowest BCUT2D eigenvalue weighted by Gasteiger charge is -2.28. The minimum Gasteiger partial charge on any atom is -0.493 e. The molecule has 0 amide bonds. The molecule has 0 N–H and O–H groups in total. The van der Waals surface area contributed by atoms with E-state index in [0.29, 0.717) is 6.79 Å². The van der Waals surface area contributed by atoms with Crippen LogP contribution in [-0.4, -0.2) is 32.5 Å². The molecule has 0 saturated carbocycles. The zero-order valence-corrected chi connectivity index (χ0v) is 14.8. The van der Waals surface area contributed by atoms with Crippen molar-refractivity contribution in [3.63, 3.8) is 0 Å². The van der Waals surface area contributed by atoms with E-state index in [9.17, 15) is 0 Å². The second-order valence-corrected chi connectivity index (χ2v) is 7.22. The zero-order valence-electron chi connectivity index (χ0n) is 14.8. The van der Waals surface area contributed by atoms with Gasteiger partial charge in [0.05, 0.1) is 25.8 Å². The Morgan fingerprint density at radius 3 is 2.73 bits per heavy atom. The molecule has 5 nitrogen and oxygen atoms in total. The van der Waals surface area contributed by atoms with Gasteiger partial charge >= 0.3 is 0 Å². The van der Waals surface area contributed by atoms with Crippen LogP contribution < -0.4 is 18.9 Å². The average molecular weight is 349 g/mol. The van der Waals surface area contributed by atoms with Crippen LogP contribution in [0, 0.1) is 0 Å². The molecular formula is C21H19NO4. The van der Waals surface area contributed by atoms with Gasteiger partial charge in [-0.2, -0.15) is 0 Å². The summed E-state index contributed by atoms with van der Waals surface area (Å²) < 4.78 is 22.5. The Morgan fingerprint density at radius 2 is 1.96 bits per heavy atom. The molecule has 132 valence electrons. The average Bonchev–Trinajstić information content (AvgIpc) is 3.00. The Morgan fingerprint density at radius 1 is 1.15 bits per heavy atom. The summed E-state index contributed by atoms with van der Waals surface area (Å²) in [5.74, 6) is 3.28. The molecule has 1 saturated heterocycles. The summed E-state index contributed by atoms with van der Waals surface area (Å²) in [4.78, 5) is 2.52. The molecule has 1 fully saturated rings. The van der Waals surface area contributed by atoms with E-state index in [-0.39, 0.29) is 11.6 Å². The van der Waals surface area contributed by atoms with Crippen molar-refractivity contribution in [3.8, 4) is 23.0 Å². The highest BCUT2D eigenvalue weighted by Gasteiger charge is 2.72. The summed E-state index contributed by atoms with van der Waals surface area (Å²) in [6.45, 7) is 5.80. The van der Waals surface area contributed by atoms with E-state index in [4.69, 9.17) is 18.9 Å². The summed E-state index contributed by atoms with van der Waals surface area (Å²) in [5, 5.41) is 0. The van der Waals surface area contributed by atoms with Gasteiger partial charge in [0.25, 0.3) is 0 Å². The highest BCUT2D eigenvalue weighted by atomic mass is 16.7. The Labute approximate surface area is 151 Å². The van der Waals surface area contributed by atoms with Crippen molar-refractivity contribution in [3.05, 3.63) is 53.1 Å². The molecule has 1 aliphatic carbocycles. The fraction of sp³-hybridized carbons (Fsp3) is 0.333. The second kappa shape index (κ2) is 4.54. The summed E-state index contributed by atoms with van der Waals surface area (Å²) in [7, 11) is 3.39. The SMILES string of the molecule is C=C1c2ccc(OC)c(OC)c2C2N3CCc4cc5c(cc4C123)OCO5. The highest BCUT2D eigenvalue weighted by Crippen LogP contribution is 2.75.